The lowest BCUT2D eigenvalue weighted by atomic mass is 9.82. The van der Waals surface area contributed by atoms with E-state index in [-0.39, 0.29) is 11.0 Å². The van der Waals surface area contributed by atoms with Gasteiger partial charge in [0.15, 0.2) is 0 Å². The smallest absolute Gasteiger partial charge is 0.407 e. The lowest BCUT2D eigenvalue weighted by Crippen LogP contribution is -2.35. The quantitative estimate of drug-likeness (QED) is 0.686. The van der Waals surface area contributed by atoms with Gasteiger partial charge in [-0.15, -0.1) is 11.3 Å². The molecule has 0 spiro atoms. The Morgan fingerprint density at radius 2 is 2.00 bits per heavy atom. The van der Waals surface area contributed by atoms with Gasteiger partial charge in [0, 0.05) is 28.1 Å². The van der Waals surface area contributed by atoms with Gasteiger partial charge in [-0.05, 0) is 29.0 Å². The number of hydrogen-bond acceptors (Lipinski definition) is 4. The number of aromatic amines is 1. The van der Waals surface area contributed by atoms with Crippen molar-refractivity contribution in [2.45, 2.75) is 45.6 Å². The Bertz CT molecular complexity index is 1120. The molecule has 0 bridgehead atoms. The molecule has 2 aromatic heterocycles. The second-order valence-electron chi connectivity index (χ2n) is 8.23. The molecule has 7 heteroatoms. The maximum atomic E-state index is 12.1. The summed E-state index contributed by atoms with van der Waals surface area (Å²) in [5.41, 5.74) is 2.91. The highest BCUT2D eigenvalue weighted by molar-refractivity contribution is 7.12. The van der Waals surface area contributed by atoms with Crippen molar-refractivity contribution in [3.63, 3.8) is 0 Å². The average molecular weight is 398 g/mol. The first kappa shape index (κ1) is 18.7. The Balaban J connectivity index is 1.83. The van der Waals surface area contributed by atoms with E-state index in [1.54, 1.807) is 11.3 Å². The minimum atomic E-state index is -0.869. The van der Waals surface area contributed by atoms with Crippen LogP contribution in [0.2, 0.25) is 0 Å². The van der Waals surface area contributed by atoms with Crippen LogP contribution in [0.1, 0.15) is 47.3 Å². The van der Waals surface area contributed by atoms with Crippen LogP contribution in [0.15, 0.2) is 29.1 Å². The minimum absolute atomic E-state index is 0.112. The molecule has 3 aromatic rings. The summed E-state index contributed by atoms with van der Waals surface area (Å²) in [5, 5.41) is 17.9. The van der Waals surface area contributed by atoms with E-state index < -0.39 is 6.09 Å². The SMILES string of the molecule is CC(C)(C)c1c(Cc2n[nH]c(=O)c3ccccc23)sc2c1CN(C(=O)O)CC2. The van der Waals surface area contributed by atoms with Gasteiger partial charge >= 0.3 is 6.09 Å². The standard InChI is InChI=1S/C21H23N3O3S/c1-21(2,3)18-14-11-24(20(26)27)9-8-16(14)28-17(18)10-15-12-6-4-5-7-13(12)19(25)23-22-15/h4-7H,8-11H2,1-3H3,(H,23,25)(H,26,27). The molecule has 3 heterocycles. The third kappa shape index (κ3) is 3.20. The zero-order valence-electron chi connectivity index (χ0n) is 16.2. The van der Waals surface area contributed by atoms with Gasteiger partial charge in [0.2, 0.25) is 0 Å². The Morgan fingerprint density at radius 1 is 1.29 bits per heavy atom. The molecule has 28 heavy (non-hydrogen) atoms. The number of carbonyl (C=O) groups is 1. The van der Waals surface area contributed by atoms with E-state index in [4.69, 9.17) is 0 Å². The summed E-state index contributed by atoms with van der Waals surface area (Å²) >= 11 is 1.76. The molecular weight excluding hydrogens is 374 g/mol. The topological polar surface area (TPSA) is 86.3 Å². The zero-order valence-corrected chi connectivity index (χ0v) is 17.0. The van der Waals surface area contributed by atoms with E-state index in [2.05, 4.69) is 31.0 Å². The number of thiophene rings is 1. The molecule has 6 nitrogen and oxygen atoms in total. The molecule has 0 unspecified atom stereocenters. The van der Waals surface area contributed by atoms with Gasteiger partial charge in [-0.1, -0.05) is 39.0 Å². The van der Waals surface area contributed by atoms with Crippen molar-refractivity contribution in [2.75, 3.05) is 6.54 Å². The van der Waals surface area contributed by atoms with Gasteiger partial charge in [0.25, 0.3) is 5.56 Å². The molecule has 0 saturated carbocycles. The maximum absolute atomic E-state index is 12.1. The summed E-state index contributed by atoms with van der Waals surface area (Å²) in [7, 11) is 0. The molecule has 0 fully saturated rings. The van der Waals surface area contributed by atoms with Gasteiger partial charge in [0.05, 0.1) is 17.6 Å². The summed E-state index contributed by atoms with van der Waals surface area (Å²) in [5.74, 6) is 0. The summed E-state index contributed by atoms with van der Waals surface area (Å²) in [4.78, 5) is 27.5. The average Bonchev–Trinajstić information content (AvgIpc) is 3.01. The molecule has 146 valence electrons. The first-order valence-corrected chi connectivity index (χ1v) is 10.2. The number of hydrogen-bond donors (Lipinski definition) is 2. The first-order valence-electron chi connectivity index (χ1n) is 9.33. The van der Waals surface area contributed by atoms with Crippen molar-refractivity contribution in [1.29, 1.82) is 0 Å². The fourth-order valence-electron chi connectivity index (χ4n) is 4.06. The van der Waals surface area contributed by atoms with Crippen LogP contribution in [0.4, 0.5) is 4.79 Å². The van der Waals surface area contributed by atoms with Gasteiger partial charge in [-0.25, -0.2) is 9.89 Å². The molecule has 2 N–H and O–H groups in total. The third-order valence-electron chi connectivity index (χ3n) is 5.24. The molecule has 1 aliphatic rings. The molecule has 4 rings (SSSR count). The molecule has 1 aromatic carbocycles. The number of aromatic nitrogens is 2. The van der Waals surface area contributed by atoms with E-state index in [0.717, 1.165) is 23.1 Å². The lowest BCUT2D eigenvalue weighted by Gasteiger charge is -2.28. The van der Waals surface area contributed by atoms with Gasteiger partial charge < -0.3 is 10.0 Å². The molecular formula is C21H23N3O3S. The van der Waals surface area contributed by atoms with E-state index in [9.17, 15) is 14.7 Å². The van der Waals surface area contributed by atoms with Crippen molar-refractivity contribution in [3.05, 3.63) is 61.2 Å². The normalized spacial score (nSPS) is 14.3. The molecule has 0 aliphatic carbocycles. The van der Waals surface area contributed by atoms with Gasteiger partial charge in [0.1, 0.15) is 0 Å². The second kappa shape index (κ2) is 6.74. The lowest BCUT2D eigenvalue weighted by molar-refractivity contribution is 0.140. The molecule has 0 saturated heterocycles. The van der Waals surface area contributed by atoms with Crippen LogP contribution in [-0.4, -0.2) is 32.8 Å². The van der Waals surface area contributed by atoms with Crippen molar-refractivity contribution < 1.29 is 9.90 Å². The van der Waals surface area contributed by atoms with Crippen LogP contribution in [0.25, 0.3) is 10.8 Å². The maximum Gasteiger partial charge on any atom is 0.407 e. The van der Waals surface area contributed by atoms with Crippen LogP contribution in [0, 0.1) is 0 Å². The van der Waals surface area contributed by atoms with Gasteiger partial charge in [-0.2, -0.15) is 5.10 Å². The van der Waals surface area contributed by atoms with Crippen LogP contribution in [-0.2, 0) is 24.8 Å². The highest BCUT2D eigenvalue weighted by Crippen LogP contribution is 2.41. The van der Waals surface area contributed by atoms with Crippen LogP contribution in [0.5, 0.6) is 0 Å². The number of carboxylic acid groups (broad SMARTS) is 1. The van der Waals surface area contributed by atoms with E-state index in [0.29, 0.717) is 24.9 Å². The number of H-pyrrole nitrogens is 1. The molecule has 1 amide bonds. The Kier molecular flexibility index (Phi) is 4.50. The predicted octanol–water partition coefficient (Wildman–Crippen LogP) is 3.91. The Labute approximate surface area is 166 Å². The highest BCUT2D eigenvalue weighted by Gasteiger charge is 2.32. The number of fused-ring (bicyclic) bond motifs is 2. The van der Waals surface area contributed by atoms with E-state index in [1.807, 2.05) is 24.3 Å². The summed E-state index contributed by atoms with van der Waals surface area (Å²) in [6.07, 6.45) is 0.496. The van der Waals surface area contributed by atoms with Crippen molar-refractivity contribution in [2.24, 2.45) is 0 Å². The van der Waals surface area contributed by atoms with Crippen LogP contribution >= 0.6 is 11.3 Å². The van der Waals surface area contributed by atoms with Crippen molar-refractivity contribution >= 4 is 28.2 Å². The number of nitrogens with one attached hydrogen (secondary N) is 1. The first-order chi connectivity index (χ1) is 13.3. The second-order valence-corrected chi connectivity index (χ2v) is 9.42. The number of benzene rings is 1. The molecule has 0 radical (unpaired) electrons. The zero-order chi connectivity index (χ0) is 20.1. The fourth-order valence-corrected chi connectivity index (χ4v) is 5.58. The Morgan fingerprint density at radius 3 is 2.68 bits per heavy atom. The summed E-state index contributed by atoms with van der Waals surface area (Å²) < 4.78 is 0. The fraction of sp³-hybridized carbons (Fsp3) is 0.381. The summed E-state index contributed by atoms with van der Waals surface area (Å²) in [6.45, 7) is 7.46. The van der Waals surface area contributed by atoms with E-state index >= 15 is 0 Å². The highest BCUT2D eigenvalue weighted by atomic mass is 32.1. The summed E-state index contributed by atoms with van der Waals surface area (Å²) in [6, 6.07) is 7.52. The largest absolute Gasteiger partial charge is 0.465 e. The van der Waals surface area contributed by atoms with Gasteiger partial charge in [-0.3, -0.25) is 4.79 Å². The predicted molar refractivity (Wildman–Crippen MR) is 110 cm³/mol. The molecule has 0 atom stereocenters. The monoisotopic (exact) mass is 397 g/mol. The van der Waals surface area contributed by atoms with E-state index in [1.165, 1.54) is 20.2 Å². The van der Waals surface area contributed by atoms with Crippen LogP contribution in [0.3, 0.4) is 0 Å². The Hall–Kier alpha value is -2.67. The number of amides is 1. The van der Waals surface area contributed by atoms with Crippen molar-refractivity contribution in [3.8, 4) is 0 Å². The number of nitrogens with zero attached hydrogens (tertiary/aromatic N) is 2. The number of rotatable bonds is 2. The van der Waals surface area contributed by atoms with Crippen molar-refractivity contribution in [1.82, 2.24) is 15.1 Å². The minimum Gasteiger partial charge on any atom is -0.465 e. The van der Waals surface area contributed by atoms with Crippen LogP contribution < -0.4 is 5.56 Å². The third-order valence-corrected chi connectivity index (χ3v) is 6.54. The molecule has 1 aliphatic heterocycles.